The number of nitrogens with zero attached hydrogens (tertiary/aromatic N) is 1. The highest BCUT2D eigenvalue weighted by molar-refractivity contribution is 9.10. The van der Waals surface area contributed by atoms with Crippen LogP contribution < -0.4 is 5.73 Å². The molecule has 2 rings (SSSR count). The Morgan fingerprint density at radius 3 is 2.43 bits per heavy atom. The monoisotopic (exact) mass is 414 g/mol. The highest BCUT2D eigenvalue weighted by Crippen LogP contribution is 2.37. The van der Waals surface area contributed by atoms with E-state index < -0.39 is 10.0 Å². The molecule has 2 N–H and O–H groups in total. The Labute approximate surface area is 143 Å². The molecule has 1 aliphatic rings. The molecule has 0 radical (unpaired) electrons. The molecule has 0 amide bonds. The minimum absolute atomic E-state index is 0.0402. The molecule has 118 valence electrons. The molecule has 21 heavy (non-hydrogen) atoms. The van der Waals surface area contributed by atoms with Gasteiger partial charge in [0.2, 0.25) is 10.0 Å². The van der Waals surface area contributed by atoms with E-state index in [-0.39, 0.29) is 27.0 Å². The number of halogens is 3. The van der Waals surface area contributed by atoms with E-state index in [4.69, 9.17) is 28.9 Å². The molecule has 0 spiro atoms. The van der Waals surface area contributed by atoms with Crippen molar-refractivity contribution in [3.8, 4) is 0 Å². The molecule has 1 aliphatic heterocycles. The third-order valence-electron chi connectivity index (χ3n) is 3.63. The summed E-state index contributed by atoms with van der Waals surface area (Å²) in [6.45, 7) is 2.26. The van der Waals surface area contributed by atoms with Gasteiger partial charge in [-0.15, -0.1) is 0 Å². The predicted molar refractivity (Wildman–Crippen MR) is 89.3 cm³/mol. The average Bonchev–Trinajstić information content (AvgIpc) is 2.37. The summed E-state index contributed by atoms with van der Waals surface area (Å²) in [5.74, 6) is 0. The van der Waals surface area contributed by atoms with Gasteiger partial charge in [0.1, 0.15) is 4.90 Å². The van der Waals surface area contributed by atoms with Crippen molar-refractivity contribution in [2.24, 2.45) is 5.73 Å². The molecule has 1 fully saturated rings. The van der Waals surface area contributed by atoms with Crippen LogP contribution in [0.5, 0.6) is 0 Å². The number of hydrogen-bond donors (Lipinski definition) is 1. The average molecular weight is 416 g/mol. The normalized spacial score (nSPS) is 22.2. The van der Waals surface area contributed by atoms with Crippen LogP contribution in [0.25, 0.3) is 0 Å². The lowest BCUT2D eigenvalue weighted by Crippen LogP contribution is -2.51. The van der Waals surface area contributed by atoms with Gasteiger partial charge in [-0.3, -0.25) is 0 Å². The molecule has 4 nitrogen and oxygen atoms in total. The lowest BCUT2D eigenvalue weighted by Gasteiger charge is -2.37. The Bertz CT molecular complexity index is 614. The van der Waals surface area contributed by atoms with Gasteiger partial charge in [0.25, 0.3) is 0 Å². The van der Waals surface area contributed by atoms with Crippen LogP contribution in [-0.2, 0) is 10.0 Å². The van der Waals surface area contributed by atoms with E-state index in [1.165, 1.54) is 16.4 Å². The number of piperidine rings is 1. The van der Waals surface area contributed by atoms with Crippen LogP contribution in [-0.4, -0.2) is 31.4 Å². The Morgan fingerprint density at radius 2 is 1.90 bits per heavy atom. The van der Waals surface area contributed by atoms with Crippen LogP contribution in [0.1, 0.15) is 26.2 Å². The third kappa shape index (κ3) is 3.57. The molecule has 1 saturated heterocycles. The maximum absolute atomic E-state index is 12.9. The van der Waals surface area contributed by atoms with E-state index in [1.807, 2.05) is 6.92 Å². The fourth-order valence-electron chi connectivity index (χ4n) is 2.65. The van der Waals surface area contributed by atoms with Crippen molar-refractivity contribution in [3.63, 3.8) is 0 Å². The summed E-state index contributed by atoms with van der Waals surface area (Å²) >= 11 is 15.5. The zero-order valence-electron chi connectivity index (χ0n) is 11.5. The molecule has 0 bridgehead atoms. The summed E-state index contributed by atoms with van der Waals surface area (Å²) in [5.41, 5.74) is 5.95. The van der Waals surface area contributed by atoms with E-state index in [2.05, 4.69) is 15.9 Å². The fourth-order valence-corrected chi connectivity index (χ4v) is 6.31. The lowest BCUT2D eigenvalue weighted by molar-refractivity contribution is 0.227. The van der Waals surface area contributed by atoms with Gasteiger partial charge >= 0.3 is 0 Å². The van der Waals surface area contributed by atoms with Crippen LogP contribution in [0.2, 0.25) is 10.0 Å². The molecule has 1 aromatic carbocycles. The molecule has 2 unspecified atom stereocenters. The zero-order valence-corrected chi connectivity index (χ0v) is 15.4. The molecule has 0 aliphatic carbocycles. The topological polar surface area (TPSA) is 63.4 Å². The van der Waals surface area contributed by atoms with E-state index in [9.17, 15) is 8.42 Å². The second-order valence-corrected chi connectivity index (χ2v) is 8.79. The van der Waals surface area contributed by atoms with Gasteiger partial charge in [-0.1, -0.05) is 45.6 Å². The SMILES string of the molecule is CC(N)C1CCCCN1S(=O)(=O)c1c(Cl)cc(Br)cc1Cl. The predicted octanol–water partition coefficient (Wildman–Crippen LogP) is 3.65. The number of nitrogens with two attached hydrogens (primary N) is 1. The highest BCUT2D eigenvalue weighted by atomic mass is 79.9. The van der Waals surface area contributed by atoms with Crippen molar-refractivity contribution in [1.82, 2.24) is 4.31 Å². The minimum Gasteiger partial charge on any atom is -0.326 e. The molecular weight excluding hydrogens is 399 g/mol. The van der Waals surface area contributed by atoms with Crippen molar-refractivity contribution in [2.45, 2.75) is 43.2 Å². The fraction of sp³-hybridized carbons (Fsp3) is 0.538. The van der Waals surface area contributed by atoms with Gasteiger partial charge in [-0.25, -0.2) is 8.42 Å². The molecular formula is C13H17BrCl2N2O2S. The number of benzene rings is 1. The Morgan fingerprint density at radius 1 is 1.33 bits per heavy atom. The summed E-state index contributed by atoms with van der Waals surface area (Å²) < 4.78 is 28.0. The number of rotatable bonds is 3. The van der Waals surface area contributed by atoms with E-state index in [1.54, 1.807) is 0 Å². The van der Waals surface area contributed by atoms with Crippen LogP contribution in [0.15, 0.2) is 21.5 Å². The zero-order chi connectivity index (χ0) is 15.8. The van der Waals surface area contributed by atoms with Crippen LogP contribution in [0.4, 0.5) is 0 Å². The summed E-state index contributed by atoms with van der Waals surface area (Å²) in [6.07, 6.45) is 2.54. The van der Waals surface area contributed by atoms with Crippen molar-refractivity contribution >= 4 is 49.2 Å². The first-order valence-electron chi connectivity index (χ1n) is 6.67. The number of sulfonamides is 1. The summed E-state index contributed by atoms with van der Waals surface area (Å²) in [5, 5.41) is 0.228. The van der Waals surface area contributed by atoms with Gasteiger partial charge in [-0.2, -0.15) is 4.31 Å². The van der Waals surface area contributed by atoms with Gasteiger partial charge < -0.3 is 5.73 Å². The molecule has 0 saturated carbocycles. The quantitative estimate of drug-likeness (QED) is 0.819. The largest absolute Gasteiger partial charge is 0.326 e. The molecule has 8 heteroatoms. The Hall–Kier alpha value is 0.150. The van der Waals surface area contributed by atoms with Crippen molar-refractivity contribution in [3.05, 3.63) is 26.7 Å². The van der Waals surface area contributed by atoms with Crippen LogP contribution in [0.3, 0.4) is 0 Å². The second-order valence-electron chi connectivity index (χ2n) is 5.24. The van der Waals surface area contributed by atoms with E-state index in [0.29, 0.717) is 11.0 Å². The van der Waals surface area contributed by atoms with Gasteiger partial charge in [0.15, 0.2) is 0 Å². The summed E-state index contributed by atoms with van der Waals surface area (Å²) in [4.78, 5) is -0.0402. The molecule has 2 atom stereocenters. The maximum atomic E-state index is 12.9. The maximum Gasteiger partial charge on any atom is 0.246 e. The first-order valence-corrected chi connectivity index (χ1v) is 9.66. The van der Waals surface area contributed by atoms with E-state index in [0.717, 1.165) is 19.3 Å². The smallest absolute Gasteiger partial charge is 0.246 e. The molecule has 1 heterocycles. The Balaban J connectivity index is 2.51. The second kappa shape index (κ2) is 6.72. The summed E-state index contributed by atoms with van der Waals surface area (Å²) in [6, 6.07) is 2.60. The third-order valence-corrected chi connectivity index (χ3v) is 6.94. The van der Waals surface area contributed by atoms with Crippen LogP contribution in [0, 0.1) is 0 Å². The van der Waals surface area contributed by atoms with Crippen LogP contribution >= 0.6 is 39.1 Å². The molecule has 0 aromatic heterocycles. The van der Waals surface area contributed by atoms with Crippen molar-refractivity contribution in [2.75, 3.05) is 6.54 Å². The first kappa shape index (κ1) is 17.5. The van der Waals surface area contributed by atoms with Gasteiger partial charge in [-0.05, 0) is 31.9 Å². The minimum atomic E-state index is -3.77. The molecule has 1 aromatic rings. The van der Waals surface area contributed by atoms with Gasteiger partial charge in [0, 0.05) is 23.1 Å². The van der Waals surface area contributed by atoms with E-state index >= 15 is 0 Å². The summed E-state index contributed by atoms with van der Waals surface area (Å²) in [7, 11) is -3.77. The lowest BCUT2D eigenvalue weighted by atomic mass is 10.00. The Kier molecular flexibility index (Phi) is 5.60. The van der Waals surface area contributed by atoms with Gasteiger partial charge in [0.05, 0.1) is 10.0 Å². The first-order chi connectivity index (χ1) is 9.75. The highest BCUT2D eigenvalue weighted by Gasteiger charge is 2.37. The number of hydrogen-bond acceptors (Lipinski definition) is 3. The van der Waals surface area contributed by atoms with Crippen molar-refractivity contribution < 1.29 is 8.42 Å². The van der Waals surface area contributed by atoms with Crippen molar-refractivity contribution in [1.29, 1.82) is 0 Å². The standard InChI is InChI=1S/C13H17BrCl2N2O2S/c1-8(17)12-4-2-3-5-18(12)21(19,20)13-10(15)6-9(14)7-11(13)16/h6-8,12H,2-5,17H2,1H3.